The number of hydrogen-bond donors (Lipinski definition) is 1. The molecule has 0 unspecified atom stereocenters. The van der Waals surface area contributed by atoms with E-state index in [1.807, 2.05) is 41.1 Å². The second-order valence-electron chi connectivity index (χ2n) is 4.30. The standard InChI is InChI=1S/C14H11Cl2N3/c15-10-6-5-9(12(16)7-10)8-19-13-4-2-1-3-11(13)14(17)18-19/h1-7H,8H2,(H2,17,18). The molecule has 3 nitrogen and oxygen atoms in total. The van der Waals surface area contributed by atoms with Crippen molar-refractivity contribution in [3.05, 3.63) is 58.1 Å². The highest BCUT2D eigenvalue weighted by Gasteiger charge is 2.09. The van der Waals surface area contributed by atoms with Gasteiger partial charge in [0.25, 0.3) is 0 Å². The summed E-state index contributed by atoms with van der Waals surface area (Å²) in [6.07, 6.45) is 0. The van der Waals surface area contributed by atoms with Crippen LogP contribution in [-0.2, 0) is 6.54 Å². The van der Waals surface area contributed by atoms with Gasteiger partial charge in [0.15, 0.2) is 5.82 Å². The van der Waals surface area contributed by atoms with Gasteiger partial charge >= 0.3 is 0 Å². The van der Waals surface area contributed by atoms with Gasteiger partial charge in [-0.3, -0.25) is 4.68 Å². The molecule has 1 aromatic heterocycles. The van der Waals surface area contributed by atoms with Crippen molar-refractivity contribution >= 4 is 39.9 Å². The number of hydrogen-bond acceptors (Lipinski definition) is 2. The molecule has 3 aromatic rings. The number of fused-ring (bicyclic) bond motifs is 1. The molecule has 0 saturated carbocycles. The molecule has 1 heterocycles. The molecule has 2 aromatic carbocycles. The smallest absolute Gasteiger partial charge is 0.153 e. The summed E-state index contributed by atoms with van der Waals surface area (Å²) in [7, 11) is 0. The van der Waals surface area contributed by atoms with Gasteiger partial charge in [0, 0.05) is 15.4 Å². The Morgan fingerprint density at radius 3 is 2.68 bits per heavy atom. The van der Waals surface area contributed by atoms with Crippen molar-refractivity contribution in [2.75, 3.05) is 5.73 Å². The molecule has 0 aliphatic heterocycles. The average molecular weight is 292 g/mol. The zero-order chi connectivity index (χ0) is 13.4. The third-order valence-corrected chi connectivity index (χ3v) is 3.61. The molecule has 0 fully saturated rings. The van der Waals surface area contributed by atoms with Gasteiger partial charge in [-0.2, -0.15) is 5.10 Å². The first-order valence-corrected chi connectivity index (χ1v) is 6.55. The maximum absolute atomic E-state index is 6.18. The van der Waals surface area contributed by atoms with E-state index in [0.29, 0.717) is 22.4 Å². The topological polar surface area (TPSA) is 43.8 Å². The number of halogens is 2. The molecule has 3 rings (SSSR count). The molecule has 0 bridgehead atoms. The minimum Gasteiger partial charge on any atom is -0.382 e. The summed E-state index contributed by atoms with van der Waals surface area (Å²) in [5.41, 5.74) is 7.86. The molecule has 0 aliphatic carbocycles. The summed E-state index contributed by atoms with van der Waals surface area (Å²) in [4.78, 5) is 0. The normalized spacial score (nSPS) is 11.1. The fraction of sp³-hybridized carbons (Fsp3) is 0.0714. The highest BCUT2D eigenvalue weighted by Crippen LogP contribution is 2.25. The summed E-state index contributed by atoms with van der Waals surface area (Å²) in [6.45, 7) is 0.563. The lowest BCUT2D eigenvalue weighted by atomic mass is 10.2. The van der Waals surface area contributed by atoms with Crippen LogP contribution in [0.4, 0.5) is 5.82 Å². The van der Waals surface area contributed by atoms with E-state index >= 15 is 0 Å². The zero-order valence-electron chi connectivity index (χ0n) is 9.98. The van der Waals surface area contributed by atoms with Gasteiger partial charge in [-0.25, -0.2) is 0 Å². The third kappa shape index (κ3) is 2.27. The largest absolute Gasteiger partial charge is 0.382 e. The first kappa shape index (κ1) is 12.3. The number of aromatic nitrogens is 2. The van der Waals surface area contributed by atoms with Crippen LogP contribution in [0.2, 0.25) is 10.0 Å². The van der Waals surface area contributed by atoms with Gasteiger partial charge in [0.1, 0.15) is 0 Å². The number of benzene rings is 2. The van der Waals surface area contributed by atoms with Gasteiger partial charge in [-0.05, 0) is 29.8 Å². The molecule has 5 heteroatoms. The number of para-hydroxylation sites is 1. The second-order valence-corrected chi connectivity index (χ2v) is 5.14. The molecule has 0 amide bonds. The molecular weight excluding hydrogens is 281 g/mol. The maximum Gasteiger partial charge on any atom is 0.153 e. The first-order valence-electron chi connectivity index (χ1n) is 5.80. The molecule has 0 radical (unpaired) electrons. The van der Waals surface area contributed by atoms with Crippen LogP contribution in [0.3, 0.4) is 0 Å². The molecule has 0 saturated heterocycles. The van der Waals surface area contributed by atoms with Crippen molar-refractivity contribution in [2.45, 2.75) is 6.54 Å². The zero-order valence-corrected chi connectivity index (χ0v) is 11.5. The quantitative estimate of drug-likeness (QED) is 0.776. The van der Waals surface area contributed by atoms with E-state index < -0.39 is 0 Å². The van der Waals surface area contributed by atoms with Crippen molar-refractivity contribution < 1.29 is 0 Å². The van der Waals surface area contributed by atoms with Gasteiger partial charge in [0.2, 0.25) is 0 Å². The molecular formula is C14H11Cl2N3. The Morgan fingerprint density at radius 2 is 1.89 bits per heavy atom. The van der Waals surface area contributed by atoms with Crippen molar-refractivity contribution in [2.24, 2.45) is 0 Å². The number of nitrogen functional groups attached to an aromatic ring is 1. The molecule has 0 aliphatic rings. The highest BCUT2D eigenvalue weighted by atomic mass is 35.5. The Balaban J connectivity index is 2.06. The van der Waals surface area contributed by atoms with E-state index in [1.165, 1.54) is 0 Å². The van der Waals surface area contributed by atoms with Crippen LogP contribution in [0, 0.1) is 0 Å². The maximum atomic E-state index is 6.18. The lowest BCUT2D eigenvalue weighted by molar-refractivity contribution is 0.716. The van der Waals surface area contributed by atoms with Gasteiger partial charge in [-0.15, -0.1) is 0 Å². The predicted octanol–water partition coefficient (Wildman–Crippen LogP) is 3.97. The van der Waals surface area contributed by atoms with Crippen molar-refractivity contribution in [1.29, 1.82) is 0 Å². The van der Waals surface area contributed by atoms with E-state index in [1.54, 1.807) is 6.07 Å². The van der Waals surface area contributed by atoms with Crippen LogP contribution >= 0.6 is 23.2 Å². The summed E-state index contributed by atoms with van der Waals surface area (Å²) in [5.74, 6) is 0.528. The average Bonchev–Trinajstić information content (AvgIpc) is 2.71. The lowest BCUT2D eigenvalue weighted by Crippen LogP contribution is -2.02. The predicted molar refractivity (Wildman–Crippen MR) is 79.7 cm³/mol. The number of nitrogens with two attached hydrogens (primary N) is 1. The minimum atomic E-state index is 0.528. The Kier molecular flexibility index (Phi) is 3.09. The third-order valence-electron chi connectivity index (χ3n) is 3.02. The highest BCUT2D eigenvalue weighted by molar-refractivity contribution is 6.35. The van der Waals surface area contributed by atoms with Crippen molar-refractivity contribution in [3.8, 4) is 0 Å². The van der Waals surface area contributed by atoms with Gasteiger partial charge < -0.3 is 5.73 Å². The molecule has 0 spiro atoms. The van der Waals surface area contributed by atoms with E-state index in [9.17, 15) is 0 Å². The molecule has 96 valence electrons. The van der Waals surface area contributed by atoms with Crippen LogP contribution in [0.15, 0.2) is 42.5 Å². The summed E-state index contributed by atoms with van der Waals surface area (Å²) >= 11 is 12.1. The summed E-state index contributed by atoms with van der Waals surface area (Å²) in [6, 6.07) is 13.3. The Morgan fingerprint density at radius 1 is 1.11 bits per heavy atom. The van der Waals surface area contributed by atoms with E-state index in [0.717, 1.165) is 16.5 Å². The van der Waals surface area contributed by atoms with Crippen LogP contribution < -0.4 is 5.73 Å². The van der Waals surface area contributed by atoms with Crippen LogP contribution in [-0.4, -0.2) is 9.78 Å². The monoisotopic (exact) mass is 291 g/mol. The SMILES string of the molecule is Nc1nn(Cc2ccc(Cl)cc2Cl)c2ccccc12. The van der Waals surface area contributed by atoms with E-state index in [2.05, 4.69) is 5.10 Å². The Bertz CT molecular complexity index is 750. The number of nitrogens with zero attached hydrogens (tertiary/aromatic N) is 2. The summed E-state index contributed by atoms with van der Waals surface area (Å²) in [5, 5.41) is 6.56. The fourth-order valence-electron chi connectivity index (χ4n) is 2.08. The van der Waals surface area contributed by atoms with Crippen molar-refractivity contribution in [3.63, 3.8) is 0 Å². The second kappa shape index (κ2) is 4.76. The summed E-state index contributed by atoms with van der Waals surface area (Å²) < 4.78 is 1.85. The van der Waals surface area contributed by atoms with Crippen LogP contribution in [0.1, 0.15) is 5.56 Å². The van der Waals surface area contributed by atoms with E-state index in [4.69, 9.17) is 28.9 Å². The first-order chi connectivity index (χ1) is 9.15. The molecule has 19 heavy (non-hydrogen) atoms. The molecule has 0 atom stereocenters. The van der Waals surface area contributed by atoms with Gasteiger partial charge in [-0.1, -0.05) is 41.4 Å². The Labute approximate surface area is 120 Å². The molecule has 2 N–H and O–H groups in total. The van der Waals surface area contributed by atoms with Crippen molar-refractivity contribution in [1.82, 2.24) is 9.78 Å². The number of rotatable bonds is 2. The fourth-order valence-corrected chi connectivity index (χ4v) is 2.55. The minimum absolute atomic E-state index is 0.528. The van der Waals surface area contributed by atoms with E-state index in [-0.39, 0.29) is 0 Å². The van der Waals surface area contributed by atoms with Gasteiger partial charge in [0.05, 0.1) is 12.1 Å². The Hall–Kier alpha value is -1.71. The number of anilines is 1. The lowest BCUT2D eigenvalue weighted by Gasteiger charge is -2.06. The van der Waals surface area contributed by atoms with Crippen LogP contribution in [0.25, 0.3) is 10.9 Å². The van der Waals surface area contributed by atoms with Crippen LogP contribution in [0.5, 0.6) is 0 Å².